The van der Waals surface area contributed by atoms with E-state index >= 15 is 0 Å². The van der Waals surface area contributed by atoms with Crippen LogP contribution < -0.4 is 10.2 Å². The third-order valence-corrected chi connectivity index (χ3v) is 4.33. The third-order valence-electron chi connectivity index (χ3n) is 4.15. The van der Waals surface area contributed by atoms with E-state index in [4.69, 9.17) is 11.6 Å². The van der Waals surface area contributed by atoms with Gasteiger partial charge in [-0.15, -0.1) is 0 Å². The van der Waals surface area contributed by atoms with E-state index in [1.807, 2.05) is 37.0 Å². The Balaban J connectivity index is 0.000000280. The molecule has 1 aliphatic rings. The van der Waals surface area contributed by atoms with Gasteiger partial charge < -0.3 is 10.2 Å². The predicted molar refractivity (Wildman–Crippen MR) is 114 cm³/mol. The van der Waals surface area contributed by atoms with Crippen LogP contribution in [0.1, 0.15) is 40.0 Å². The molecule has 1 atom stereocenters. The van der Waals surface area contributed by atoms with Gasteiger partial charge in [-0.05, 0) is 49.8 Å². The van der Waals surface area contributed by atoms with E-state index in [9.17, 15) is 9.18 Å². The highest BCUT2D eigenvalue weighted by Crippen LogP contribution is 2.24. The minimum absolute atomic E-state index is 0.0981. The van der Waals surface area contributed by atoms with Gasteiger partial charge in [0.05, 0.1) is 6.20 Å². The van der Waals surface area contributed by atoms with Crippen molar-refractivity contribution in [1.82, 2.24) is 15.3 Å². The lowest BCUT2D eigenvalue weighted by atomic mass is 10.1. The van der Waals surface area contributed by atoms with E-state index in [-0.39, 0.29) is 11.2 Å². The lowest BCUT2D eigenvalue weighted by Crippen LogP contribution is -2.22. The molecule has 1 aromatic heterocycles. The number of nitrogens with zero attached hydrogens (tertiary/aromatic N) is 3. The minimum atomic E-state index is -0.400. The molecule has 1 aromatic rings. The summed E-state index contributed by atoms with van der Waals surface area (Å²) in [6, 6.07) is 0. The van der Waals surface area contributed by atoms with E-state index in [1.54, 1.807) is 6.08 Å². The molecule has 2 heterocycles. The number of nitrogens with one attached hydrogen (secondary N) is 1. The number of carbonyl (C=O) groups is 1. The first-order valence-electron chi connectivity index (χ1n) is 9.55. The molecule has 28 heavy (non-hydrogen) atoms. The molecule has 1 aliphatic heterocycles. The largest absolute Gasteiger partial charge is 0.356 e. The van der Waals surface area contributed by atoms with Crippen LogP contribution >= 0.6 is 11.6 Å². The van der Waals surface area contributed by atoms with Crippen molar-refractivity contribution in [2.75, 3.05) is 24.5 Å². The second-order valence-corrected chi connectivity index (χ2v) is 6.92. The molecule has 0 radical (unpaired) electrons. The molecule has 0 aromatic carbocycles. The molecule has 1 fully saturated rings. The molecule has 1 saturated heterocycles. The summed E-state index contributed by atoms with van der Waals surface area (Å²) in [5.74, 6) is 0.618. The Morgan fingerprint density at radius 3 is 2.82 bits per heavy atom. The van der Waals surface area contributed by atoms with Crippen molar-refractivity contribution in [2.24, 2.45) is 5.92 Å². The Kier molecular flexibility index (Phi) is 11.1. The highest BCUT2D eigenvalue weighted by atomic mass is 35.5. The van der Waals surface area contributed by atoms with Gasteiger partial charge in [-0.25, -0.2) is 9.37 Å². The number of amides is 1. The Morgan fingerprint density at radius 1 is 1.50 bits per heavy atom. The summed E-state index contributed by atoms with van der Waals surface area (Å²) in [6.45, 7) is 12.0. The molecule has 0 bridgehead atoms. The first-order chi connectivity index (χ1) is 13.4. The Morgan fingerprint density at radius 2 is 2.25 bits per heavy atom. The van der Waals surface area contributed by atoms with E-state index in [0.29, 0.717) is 24.7 Å². The van der Waals surface area contributed by atoms with Crippen LogP contribution in [0.25, 0.3) is 0 Å². The molecule has 5 nitrogen and oxygen atoms in total. The second-order valence-electron chi connectivity index (χ2n) is 6.58. The van der Waals surface area contributed by atoms with Crippen molar-refractivity contribution in [3.63, 3.8) is 0 Å². The van der Waals surface area contributed by atoms with Crippen molar-refractivity contribution in [2.45, 2.75) is 40.0 Å². The van der Waals surface area contributed by atoms with Crippen LogP contribution in [0, 0.1) is 11.7 Å². The first-order valence-corrected chi connectivity index (χ1v) is 9.93. The van der Waals surface area contributed by atoms with E-state index in [0.717, 1.165) is 37.7 Å². The molecular weight excluding hydrogens is 379 g/mol. The molecule has 1 amide bonds. The maximum Gasteiger partial charge on any atom is 0.224 e. The topological polar surface area (TPSA) is 58.1 Å². The number of hydrogen-bond donors (Lipinski definition) is 1. The maximum absolute atomic E-state index is 13.3. The maximum atomic E-state index is 13.3. The molecule has 2 rings (SSSR count). The van der Waals surface area contributed by atoms with Crippen LogP contribution in [0.5, 0.6) is 0 Å². The Labute approximate surface area is 172 Å². The normalized spacial score (nSPS) is 16.7. The van der Waals surface area contributed by atoms with Crippen molar-refractivity contribution in [3.05, 3.63) is 53.8 Å². The molecular formula is C21H30ClFN4O. The molecule has 1 unspecified atom stereocenters. The van der Waals surface area contributed by atoms with Crippen molar-refractivity contribution >= 4 is 23.3 Å². The van der Waals surface area contributed by atoms with Crippen LogP contribution in [0.3, 0.4) is 0 Å². The molecule has 154 valence electrons. The molecule has 0 aliphatic carbocycles. The van der Waals surface area contributed by atoms with E-state index in [2.05, 4.69) is 28.8 Å². The zero-order chi connectivity index (χ0) is 20.9. The molecule has 7 heteroatoms. The van der Waals surface area contributed by atoms with Crippen LogP contribution in [-0.2, 0) is 4.79 Å². The zero-order valence-electron chi connectivity index (χ0n) is 16.9. The summed E-state index contributed by atoms with van der Waals surface area (Å²) < 4.78 is 13.3. The number of rotatable bonds is 7. The first kappa shape index (κ1) is 23.8. The van der Waals surface area contributed by atoms with Gasteiger partial charge in [-0.3, -0.25) is 4.79 Å². The number of anilines is 1. The Bertz CT molecular complexity index is 706. The number of aromatic nitrogens is 2. The van der Waals surface area contributed by atoms with Gasteiger partial charge in [-0.1, -0.05) is 37.8 Å². The summed E-state index contributed by atoms with van der Waals surface area (Å²) >= 11 is 5.62. The number of halogens is 2. The van der Waals surface area contributed by atoms with Crippen LogP contribution in [-0.4, -0.2) is 35.5 Å². The zero-order valence-corrected chi connectivity index (χ0v) is 17.7. The highest BCUT2D eigenvalue weighted by Gasteiger charge is 2.22. The SMILES string of the molecule is C=C/C=C(\C=C/C)CCC(=O)NCC.CC1CCN(c2nc(Cl)ncc2F)C1. The van der Waals surface area contributed by atoms with Gasteiger partial charge >= 0.3 is 0 Å². The van der Waals surface area contributed by atoms with Gasteiger partial charge in [-0.2, -0.15) is 4.98 Å². The van der Waals surface area contributed by atoms with Crippen LogP contribution in [0.2, 0.25) is 5.28 Å². The van der Waals surface area contributed by atoms with Gasteiger partial charge in [0.15, 0.2) is 11.6 Å². The van der Waals surface area contributed by atoms with Crippen molar-refractivity contribution in [1.29, 1.82) is 0 Å². The third kappa shape index (κ3) is 8.65. The van der Waals surface area contributed by atoms with Gasteiger partial charge in [0.25, 0.3) is 0 Å². The van der Waals surface area contributed by atoms with Crippen molar-refractivity contribution in [3.8, 4) is 0 Å². The number of carbonyl (C=O) groups excluding carboxylic acids is 1. The molecule has 0 spiro atoms. The molecule has 0 saturated carbocycles. The fraction of sp³-hybridized carbons (Fsp3) is 0.476. The summed E-state index contributed by atoms with van der Waals surface area (Å²) in [7, 11) is 0. The predicted octanol–water partition coefficient (Wildman–Crippen LogP) is 4.71. The lowest BCUT2D eigenvalue weighted by Gasteiger charge is -2.16. The summed E-state index contributed by atoms with van der Waals surface area (Å²) in [6.07, 6.45) is 11.1. The van der Waals surface area contributed by atoms with Gasteiger partial charge in [0, 0.05) is 26.1 Å². The average Bonchev–Trinajstić information content (AvgIpc) is 3.09. The summed E-state index contributed by atoms with van der Waals surface area (Å²) in [4.78, 5) is 20.6. The van der Waals surface area contributed by atoms with Crippen molar-refractivity contribution < 1.29 is 9.18 Å². The summed E-state index contributed by atoms with van der Waals surface area (Å²) in [5.41, 5.74) is 1.13. The van der Waals surface area contributed by atoms with Gasteiger partial charge in [0.2, 0.25) is 11.2 Å². The monoisotopic (exact) mass is 408 g/mol. The fourth-order valence-corrected chi connectivity index (χ4v) is 2.95. The summed E-state index contributed by atoms with van der Waals surface area (Å²) in [5, 5.41) is 2.87. The highest BCUT2D eigenvalue weighted by molar-refractivity contribution is 6.28. The Hall–Kier alpha value is -2.21. The van der Waals surface area contributed by atoms with Gasteiger partial charge in [0.1, 0.15) is 0 Å². The minimum Gasteiger partial charge on any atom is -0.356 e. The fourth-order valence-electron chi connectivity index (χ4n) is 2.82. The van der Waals surface area contributed by atoms with E-state index in [1.165, 1.54) is 0 Å². The van der Waals surface area contributed by atoms with Crippen LogP contribution in [0.4, 0.5) is 10.2 Å². The average molecular weight is 409 g/mol. The smallest absolute Gasteiger partial charge is 0.224 e. The van der Waals surface area contributed by atoms with E-state index < -0.39 is 5.82 Å². The quantitative estimate of drug-likeness (QED) is 0.524. The number of allylic oxidation sites excluding steroid dienone is 5. The lowest BCUT2D eigenvalue weighted by molar-refractivity contribution is -0.120. The second kappa shape index (κ2) is 13.0. The number of hydrogen-bond acceptors (Lipinski definition) is 4. The van der Waals surface area contributed by atoms with Crippen LogP contribution in [0.15, 0.2) is 42.7 Å². The molecule has 1 N–H and O–H groups in total. The standard InChI is InChI=1S/C12H19NO.C9H11ClFN3/c1-4-7-11(8-5-2)9-10-12(14)13-6-3;1-6-2-3-14(5-6)8-7(11)4-12-9(10)13-8/h4-5,7-8H,1,6,9-10H2,2-3H3,(H,13,14);4,6H,2-3,5H2,1H3/b8-5-,11-7+;.